The lowest BCUT2D eigenvalue weighted by atomic mass is 9.98. The molecule has 2 aliphatic rings. The van der Waals surface area contributed by atoms with E-state index in [0.717, 1.165) is 5.56 Å². The minimum absolute atomic E-state index is 0.00544. The van der Waals surface area contributed by atoms with Crippen molar-refractivity contribution < 1.29 is 33.1 Å². The van der Waals surface area contributed by atoms with Gasteiger partial charge < -0.3 is 30.0 Å². The van der Waals surface area contributed by atoms with Crippen LogP contribution in [-0.4, -0.2) is 95.2 Å². The summed E-state index contributed by atoms with van der Waals surface area (Å²) in [5.41, 5.74) is -0.531. The highest BCUT2D eigenvalue weighted by Crippen LogP contribution is 2.37. The van der Waals surface area contributed by atoms with Gasteiger partial charge in [-0.15, -0.1) is 0 Å². The molecule has 11 nitrogen and oxygen atoms in total. The maximum Gasteiger partial charge on any atom is 0.246 e. The number of benzene rings is 1. The van der Waals surface area contributed by atoms with E-state index >= 15 is 0 Å². The molecule has 51 heavy (non-hydrogen) atoms. The maximum atomic E-state index is 13.9. The molecule has 3 N–H and O–H groups in total. The summed E-state index contributed by atoms with van der Waals surface area (Å²) in [5.74, 6) is -1.77. The fraction of sp³-hybridized carbons (Fsp3) is 0.676. The van der Waals surface area contributed by atoms with Crippen molar-refractivity contribution in [2.45, 2.75) is 147 Å². The van der Waals surface area contributed by atoms with E-state index in [1.807, 2.05) is 37.3 Å². The summed E-state index contributed by atoms with van der Waals surface area (Å²) < 4.78 is 12.2. The SMILES string of the molecule is CCOC(=S)SC(CCC(=O)[C@H](C)O[Si](C)(C)C(C)(C)C)CC[C@@H]1NC(=O)[C@H]2CCCN2C(=O)[C@H](Cc2ccccc2)NC(=O)C(C)(C)NC1=O. The number of nitrogens with one attached hydrogen (secondary N) is 3. The first-order valence-electron chi connectivity index (χ1n) is 18.1. The summed E-state index contributed by atoms with van der Waals surface area (Å²) in [4.78, 5) is 70.1. The third-order valence-electron chi connectivity index (χ3n) is 10.1. The molecule has 1 aromatic rings. The predicted molar refractivity (Wildman–Crippen MR) is 208 cm³/mol. The molecule has 1 aromatic carbocycles. The Balaban J connectivity index is 1.81. The minimum Gasteiger partial charge on any atom is -0.479 e. The number of ether oxygens (including phenoxy) is 1. The fourth-order valence-corrected chi connectivity index (χ4v) is 8.82. The predicted octanol–water partition coefficient (Wildman–Crippen LogP) is 5.06. The average Bonchev–Trinajstić information content (AvgIpc) is 3.54. The highest BCUT2D eigenvalue weighted by molar-refractivity contribution is 8.23. The average molecular weight is 763 g/mol. The van der Waals surface area contributed by atoms with Gasteiger partial charge in [-0.25, -0.2) is 0 Å². The maximum absolute atomic E-state index is 13.9. The smallest absolute Gasteiger partial charge is 0.246 e. The standard InChI is InChI=1S/C37H58N4O7S2Si/c1-10-47-35(49)50-26(19-21-30(42)24(2)48-51(8,9)36(3,4)5)18-20-27-31(43)40-37(6,7)34(46)39-28(23-25-15-12-11-13-16-25)33(45)41-22-14-17-29(41)32(44)38-27/h11-13,15-16,24,26-29H,10,14,17-23H2,1-9H3,(H,38,44)(H,39,46)(H,40,43)/t24-,26?,27-,28-,29+/m0/s1. The van der Waals surface area contributed by atoms with Crippen LogP contribution in [0.4, 0.5) is 0 Å². The van der Waals surface area contributed by atoms with Gasteiger partial charge in [0.2, 0.25) is 28.0 Å². The van der Waals surface area contributed by atoms with Crippen molar-refractivity contribution in [2.75, 3.05) is 13.2 Å². The van der Waals surface area contributed by atoms with Gasteiger partial charge in [0.1, 0.15) is 29.8 Å². The van der Waals surface area contributed by atoms with Crippen molar-refractivity contribution in [2.24, 2.45) is 0 Å². The number of amides is 4. The Kier molecular flexibility index (Phi) is 15.3. The first-order valence-corrected chi connectivity index (χ1v) is 22.3. The molecule has 0 bridgehead atoms. The molecule has 0 aromatic heterocycles. The van der Waals surface area contributed by atoms with Crippen molar-refractivity contribution in [3.63, 3.8) is 0 Å². The number of nitrogens with zero attached hydrogens (tertiary/aromatic N) is 1. The molecule has 2 saturated heterocycles. The molecule has 5 atom stereocenters. The second-order valence-electron chi connectivity index (χ2n) is 15.6. The summed E-state index contributed by atoms with van der Waals surface area (Å²) >= 11 is 6.78. The number of carbonyl (C=O) groups is 5. The normalized spacial score (nSPS) is 22.8. The highest BCUT2D eigenvalue weighted by atomic mass is 32.2. The molecule has 2 aliphatic heterocycles. The number of hydrogen-bond donors (Lipinski definition) is 3. The van der Waals surface area contributed by atoms with Crippen LogP contribution in [0.1, 0.15) is 92.6 Å². The quantitative estimate of drug-likeness (QED) is 0.186. The van der Waals surface area contributed by atoms with Gasteiger partial charge in [0, 0.05) is 24.6 Å². The van der Waals surface area contributed by atoms with E-state index in [2.05, 4.69) is 49.8 Å². The van der Waals surface area contributed by atoms with E-state index in [0.29, 0.717) is 43.2 Å². The zero-order chi connectivity index (χ0) is 38.1. The van der Waals surface area contributed by atoms with Gasteiger partial charge in [0.25, 0.3) is 0 Å². The van der Waals surface area contributed by atoms with Gasteiger partial charge in [0.05, 0.1) is 6.61 Å². The van der Waals surface area contributed by atoms with E-state index < -0.39 is 55.8 Å². The van der Waals surface area contributed by atoms with Gasteiger partial charge in [-0.2, -0.15) is 0 Å². The molecule has 0 aliphatic carbocycles. The first kappa shape index (κ1) is 42.6. The number of ketones is 1. The van der Waals surface area contributed by atoms with E-state index in [9.17, 15) is 24.0 Å². The van der Waals surface area contributed by atoms with Crippen molar-refractivity contribution >= 4 is 66.1 Å². The Morgan fingerprint density at radius 1 is 1.06 bits per heavy atom. The Labute approximate surface area is 314 Å². The van der Waals surface area contributed by atoms with Gasteiger partial charge in [0.15, 0.2) is 14.1 Å². The molecular formula is C37H58N4O7S2Si. The number of thiocarbonyl (C=S) groups is 1. The third-order valence-corrected chi connectivity index (χ3v) is 16.2. The third kappa shape index (κ3) is 12.1. The van der Waals surface area contributed by atoms with Crippen LogP contribution in [0.3, 0.4) is 0 Å². The molecule has 0 radical (unpaired) electrons. The van der Waals surface area contributed by atoms with Gasteiger partial charge in [-0.05, 0) is 95.7 Å². The lowest BCUT2D eigenvalue weighted by Gasteiger charge is -2.38. The van der Waals surface area contributed by atoms with Crippen LogP contribution < -0.4 is 16.0 Å². The summed E-state index contributed by atoms with van der Waals surface area (Å²) in [5, 5.41) is 8.39. The number of carbonyl (C=O) groups excluding carboxylic acids is 5. The van der Waals surface area contributed by atoms with Gasteiger partial charge in [-0.3, -0.25) is 24.0 Å². The second-order valence-corrected chi connectivity index (χ2v) is 22.3. The Morgan fingerprint density at radius 2 is 1.73 bits per heavy atom. The van der Waals surface area contributed by atoms with Crippen LogP contribution in [0, 0.1) is 0 Å². The Bertz CT molecular complexity index is 1420. The van der Waals surface area contributed by atoms with E-state index in [1.54, 1.807) is 20.8 Å². The Hall–Kier alpha value is -2.81. The summed E-state index contributed by atoms with van der Waals surface area (Å²) in [6.07, 6.45) is 2.11. The fourth-order valence-electron chi connectivity index (χ4n) is 5.97. The van der Waals surface area contributed by atoms with Crippen LogP contribution in [0.5, 0.6) is 0 Å². The van der Waals surface area contributed by atoms with Gasteiger partial charge >= 0.3 is 0 Å². The van der Waals surface area contributed by atoms with Crippen LogP contribution in [0.15, 0.2) is 30.3 Å². The van der Waals surface area contributed by atoms with Gasteiger partial charge in [-0.1, -0.05) is 62.9 Å². The van der Waals surface area contributed by atoms with Crippen molar-refractivity contribution in [1.29, 1.82) is 0 Å². The molecule has 284 valence electrons. The molecule has 2 fully saturated rings. The van der Waals surface area contributed by atoms with E-state index in [1.165, 1.54) is 16.7 Å². The van der Waals surface area contributed by atoms with Crippen LogP contribution >= 0.6 is 24.0 Å². The van der Waals surface area contributed by atoms with Crippen LogP contribution in [0.2, 0.25) is 18.1 Å². The molecule has 0 spiro atoms. The second kappa shape index (κ2) is 18.3. The van der Waals surface area contributed by atoms with Crippen molar-refractivity contribution in [1.82, 2.24) is 20.9 Å². The first-order chi connectivity index (χ1) is 23.8. The van der Waals surface area contributed by atoms with E-state index in [-0.39, 0.29) is 41.2 Å². The van der Waals surface area contributed by atoms with Crippen molar-refractivity contribution in [3.8, 4) is 0 Å². The lowest BCUT2D eigenvalue weighted by Crippen LogP contribution is -2.64. The molecule has 1 unspecified atom stereocenters. The molecule has 14 heteroatoms. The summed E-state index contributed by atoms with van der Waals surface area (Å²) in [6, 6.07) is 6.69. The Morgan fingerprint density at radius 3 is 2.35 bits per heavy atom. The molecular weight excluding hydrogens is 705 g/mol. The highest BCUT2D eigenvalue weighted by Gasteiger charge is 2.43. The molecule has 0 saturated carbocycles. The number of hydrogen-bond acceptors (Lipinski definition) is 9. The zero-order valence-electron chi connectivity index (χ0n) is 31.8. The lowest BCUT2D eigenvalue weighted by molar-refractivity contribution is -0.144. The minimum atomic E-state index is -2.16. The topological polar surface area (TPSA) is 143 Å². The summed E-state index contributed by atoms with van der Waals surface area (Å²) in [6.45, 7) is 18.2. The van der Waals surface area contributed by atoms with Crippen LogP contribution in [-0.2, 0) is 39.6 Å². The number of rotatable bonds is 13. The summed E-state index contributed by atoms with van der Waals surface area (Å²) in [7, 11) is -2.16. The number of thioether (sulfide) groups is 1. The number of fused-ring (bicyclic) bond motifs is 1. The van der Waals surface area contributed by atoms with Crippen molar-refractivity contribution in [3.05, 3.63) is 35.9 Å². The van der Waals surface area contributed by atoms with Crippen LogP contribution in [0.25, 0.3) is 0 Å². The van der Waals surface area contributed by atoms with E-state index in [4.69, 9.17) is 21.4 Å². The monoisotopic (exact) mass is 762 g/mol. The largest absolute Gasteiger partial charge is 0.479 e. The zero-order valence-corrected chi connectivity index (χ0v) is 34.4. The molecule has 3 rings (SSSR count). The molecule has 2 heterocycles. The molecule has 4 amide bonds. The number of Topliss-reactive ketones (excluding diaryl/α,β-unsaturated/α-hetero) is 1.